The molecule has 0 amide bonds. The van der Waals surface area contributed by atoms with Crippen molar-refractivity contribution >= 4 is 15.7 Å². The molecule has 0 fully saturated rings. The quantitative estimate of drug-likeness (QED) is 0.910. The number of aliphatic hydroxyl groups is 1. The number of aryl methyl sites for hydroxylation is 1. The van der Waals surface area contributed by atoms with Crippen molar-refractivity contribution in [3.8, 4) is 0 Å². The molecule has 0 aliphatic heterocycles. The summed E-state index contributed by atoms with van der Waals surface area (Å²) in [5.74, 6) is -0.822. The molecule has 0 saturated carbocycles. The first-order chi connectivity index (χ1) is 9.44. The van der Waals surface area contributed by atoms with Crippen LogP contribution in [0.2, 0.25) is 0 Å². The highest BCUT2D eigenvalue weighted by molar-refractivity contribution is 7.92. The van der Waals surface area contributed by atoms with Crippen molar-refractivity contribution in [2.45, 2.75) is 18.4 Å². The van der Waals surface area contributed by atoms with E-state index in [2.05, 4.69) is 4.72 Å². The summed E-state index contributed by atoms with van der Waals surface area (Å²) >= 11 is 0. The van der Waals surface area contributed by atoms with Crippen LogP contribution in [0.15, 0.2) is 47.4 Å². The van der Waals surface area contributed by atoms with Gasteiger partial charge in [-0.05, 0) is 25.1 Å². The largest absolute Gasteiger partial charge is 0.392 e. The maximum atomic E-state index is 13.6. The van der Waals surface area contributed by atoms with Crippen LogP contribution in [-0.2, 0) is 16.6 Å². The van der Waals surface area contributed by atoms with Crippen LogP contribution in [0.3, 0.4) is 0 Å². The molecular weight excluding hydrogens is 281 g/mol. The Morgan fingerprint density at radius 1 is 1.20 bits per heavy atom. The maximum Gasteiger partial charge on any atom is 0.264 e. The molecule has 0 atom stereocenters. The second-order valence-corrected chi connectivity index (χ2v) is 6.01. The van der Waals surface area contributed by atoms with Gasteiger partial charge in [-0.2, -0.15) is 0 Å². The highest BCUT2D eigenvalue weighted by Gasteiger charge is 2.19. The van der Waals surface area contributed by atoms with E-state index in [1.807, 2.05) is 6.92 Å². The lowest BCUT2D eigenvalue weighted by molar-refractivity contribution is 0.282. The summed E-state index contributed by atoms with van der Waals surface area (Å²) in [6.45, 7) is 1.52. The lowest BCUT2D eigenvalue weighted by atomic mass is 10.1. The Bertz CT molecular complexity index is 729. The Kier molecular flexibility index (Phi) is 4.06. The normalized spacial score (nSPS) is 11.3. The minimum Gasteiger partial charge on any atom is -0.392 e. The Labute approximate surface area is 116 Å². The van der Waals surface area contributed by atoms with Gasteiger partial charge < -0.3 is 5.11 Å². The number of aliphatic hydroxyl groups excluding tert-OH is 1. The Morgan fingerprint density at radius 3 is 2.55 bits per heavy atom. The first-order valence-corrected chi connectivity index (χ1v) is 7.40. The molecule has 0 saturated heterocycles. The van der Waals surface area contributed by atoms with Gasteiger partial charge in [-0.15, -0.1) is 0 Å². The van der Waals surface area contributed by atoms with Gasteiger partial charge in [-0.25, -0.2) is 12.8 Å². The molecule has 0 spiro atoms. The third-order valence-corrected chi connectivity index (χ3v) is 4.20. The smallest absolute Gasteiger partial charge is 0.264 e. The molecule has 0 aromatic heterocycles. The van der Waals surface area contributed by atoms with E-state index in [1.165, 1.54) is 18.2 Å². The van der Waals surface area contributed by atoms with Crippen molar-refractivity contribution in [1.29, 1.82) is 0 Å². The summed E-state index contributed by atoms with van der Waals surface area (Å²) in [7, 11) is -4.03. The third kappa shape index (κ3) is 2.97. The van der Waals surface area contributed by atoms with Crippen LogP contribution in [0.1, 0.15) is 11.1 Å². The summed E-state index contributed by atoms with van der Waals surface area (Å²) in [6, 6.07) is 10.0. The number of anilines is 1. The molecule has 0 radical (unpaired) electrons. The molecule has 2 rings (SSSR count). The lowest BCUT2D eigenvalue weighted by Gasteiger charge is -2.12. The van der Waals surface area contributed by atoms with Gasteiger partial charge in [0.2, 0.25) is 0 Å². The standard InChI is InChI=1S/C14H14FNO3S/c1-10-6-7-13(11(8-10)9-17)16-20(18,19)14-5-3-2-4-12(14)15/h2-8,16-17H,9H2,1H3. The van der Waals surface area contributed by atoms with Crippen molar-refractivity contribution in [3.05, 3.63) is 59.4 Å². The first kappa shape index (κ1) is 14.5. The number of sulfonamides is 1. The lowest BCUT2D eigenvalue weighted by Crippen LogP contribution is -2.15. The molecule has 4 nitrogen and oxygen atoms in total. The number of rotatable bonds is 4. The van der Waals surface area contributed by atoms with Gasteiger partial charge in [0.25, 0.3) is 10.0 Å². The molecule has 0 heterocycles. The minimum absolute atomic E-state index is 0.237. The van der Waals surface area contributed by atoms with E-state index in [0.29, 0.717) is 5.56 Å². The summed E-state index contributed by atoms with van der Waals surface area (Å²) in [5, 5.41) is 9.26. The van der Waals surface area contributed by atoms with E-state index in [0.717, 1.165) is 11.6 Å². The van der Waals surface area contributed by atoms with E-state index < -0.39 is 20.7 Å². The zero-order chi connectivity index (χ0) is 14.8. The van der Waals surface area contributed by atoms with Crippen LogP contribution in [0.25, 0.3) is 0 Å². The van der Waals surface area contributed by atoms with Gasteiger partial charge in [-0.1, -0.05) is 29.8 Å². The summed E-state index contributed by atoms with van der Waals surface area (Å²) < 4.78 is 40.1. The summed E-state index contributed by atoms with van der Waals surface area (Å²) in [6.07, 6.45) is 0. The second kappa shape index (κ2) is 5.60. The van der Waals surface area contributed by atoms with Gasteiger partial charge in [0.15, 0.2) is 0 Å². The molecule has 106 valence electrons. The number of hydrogen-bond donors (Lipinski definition) is 2. The molecule has 6 heteroatoms. The average Bonchev–Trinajstić information content (AvgIpc) is 2.41. The third-order valence-electron chi connectivity index (χ3n) is 2.80. The molecule has 0 unspecified atom stereocenters. The molecular formula is C14H14FNO3S. The molecule has 0 aliphatic carbocycles. The highest BCUT2D eigenvalue weighted by atomic mass is 32.2. The molecule has 0 aliphatic rings. The fourth-order valence-corrected chi connectivity index (χ4v) is 3.00. The van der Waals surface area contributed by atoms with E-state index >= 15 is 0 Å². The highest BCUT2D eigenvalue weighted by Crippen LogP contribution is 2.22. The average molecular weight is 295 g/mol. The number of halogens is 1. The van der Waals surface area contributed by atoms with Gasteiger partial charge in [-0.3, -0.25) is 4.72 Å². The fourth-order valence-electron chi connectivity index (χ4n) is 1.82. The van der Waals surface area contributed by atoms with Crippen molar-refractivity contribution in [2.75, 3.05) is 4.72 Å². The number of hydrogen-bond acceptors (Lipinski definition) is 3. The van der Waals surface area contributed by atoms with Crippen LogP contribution in [0.5, 0.6) is 0 Å². The fraction of sp³-hybridized carbons (Fsp3) is 0.143. The second-order valence-electron chi connectivity index (χ2n) is 4.35. The molecule has 2 aromatic carbocycles. The molecule has 2 aromatic rings. The van der Waals surface area contributed by atoms with E-state index in [-0.39, 0.29) is 12.3 Å². The first-order valence-electron chi connectivity index (χ1n) is 5.92. The minimum atomic E-state index is -4.03. The molecule has 2 N–H and O–H groups in total. The van der Waals surface area contributed by atoms with Gasteiger partial charge in [0, 0.05) is 5.56 Å². The summed E-state index contributed by atoms with van der Waals surface area (Å²) in [4.78, 5) is -0.426. The van der Waals surface area contributed by atoms with Crippen LogP contribution in [-0.4, -0.2) is 13.5 Å². The predicted octanol–water partition coefficient (Wildman–Crippen LogP) is 2.43. The molecule has 20 heavy (non-hydrogen) atoms. The SMILES string of the molecule is Cc1ccc(NS(=O)(=O)c2ccccc2F)c(CO)c1. The Hall–Kier alpha value is -1.92. The zero-order valence-corrected chi connectivity index (χ0v) is 11.6. The Morgan fingerprint density at radius 2 is 1.90 bits per heavy atom. The van der Waals surface area contributed by atoms with E-state index in [1.54, 1.807) is 18.2 Å². The van der Waals surface area contributed by atoms with Gasteiger partial charge in [0.1, 0.15) is 10.7 Å². The summed E-state index contributed by atoms with van der Waals surface area (Å²) in [5.41, 5.74) is 1.56. The van der Waals surface area contributed by atoms with Crippen LogP contribution in [0.4, 0.5) is 10.1 Å². The predicted molar refractivity (Wildman–Crippen MR) is 74.3 cm³/mol. The number of benzene rings is 2. The van der Waals surface area contributed by atoms with E-state index in [9.17, 15) is 17.9 Å². The van der Waals surface area contributed by atoms with Gasteiger partial charge in [0.05, 0.1) is 12.3 Å². The van der Waals surface area contributed by atoms with E-state index in [4.69, 9.17) is 0 Å². The maximum absolute atomic E-state index is 13.6. The van der Waals surface area contributed by atoms with Crippen LogP contribution in [0, 0.1) is 12.7 Å². The number of nitrogens with one attached hydrogen (secondary N) is 1. The van der Waals surface area contributed by atoms with Crippen molar-refractivity contribution in [3.63, 3.8) is 0 Å². The van der Waals surface area contributed by atoms with Crippen LogP contribution >= 0.6 is 0 Å². The monoisotopic (exact) mass is 295 g/mol. The zero-order valence-electron chi connectivity index (χ0n) is 10.8. The topological polar surface area (TPSA) is 66.4 Å². The van der Waals surface area contributed by atoms with Crippen molar-refractivity contribution in [1.82, 2.24) is 0 Å². The van der Waals surface area contributed by atoms with Gasteiger partial charge >= 0.3 is 0 Å². The molecule has 0 bridgehead atoms. The van der Waals surface area contributed by atoms with Crippen molar-refractivity contribution < 1.29 is 17.9 Å². The van der Waals surface area contributed by atoms with Crippen LogP contribution < -0.4 is 4.72 Å². The Balaban J connectivity index is 2.41. The van der Waals surface area contributed by atoms with Crippen molar-refractivity contribution in [2.24, 2.45) is 0 Å².